The first-order valence-corrected chi connectivity index (χ1v) is 8.03. The maximum Gasteiger partial charge on any atom is 0.349 e. The first-order valence-electron chi connectivity index (χ1n) is 8.03. The molecule has 0 aliphatic carbocycles. The predicted octanol–water partition coefficient (Wildman–Crippen LogP) is 2.72. The molecule has 1 saturated heterocycles. The third kappa shape index (κ3) is 3.07. The molecule has 1 aliphatic heterocycles. The highest BCUT2D eigenvalue weighted by atomic mass is 16.6. The van der Waals surface area contributed by atoms with Crippen LogP contribution < -0.4 is 10.4 Å². The van der Waals surface area contributed by atoms with Gasteiger partial charge in [0, 0.05) is 24.0 Å². The van der Waals surface area contributed by atoms with Crippen molar-refractivity contribution in [1.29, 1.82) is 0 Å². The number of hydrogen-bond acceptors (Lipinski definition) is 6. The van der Waals surface area contributed by atoms with Gasteiger partial charge in [0.15, 0.2) is 11.3 Å². The largest absolute Gasteiger partial charge is 0.493 e. The SMILES string of the molecule is COc1cc([N+](=O)[O-])cc2cc(C(=O)N3CCCCC3C)c(=O)oc12. The number of amides is 1. The number of ether oxygens (including phenoxy) is 1. The van der Waals surface area contributed by atoms with Gasteiger partial charge in [-0.05, 0) is 32.3 Å². The Kier molecular flexibility index (Phi) is 4.43. The van der Waals surface area contributed by atoms with Crippen molar-refractivity contribution in [2.24, 2.45) is 0 Å². The summed E-state index contributed by atoms with van der Waals surface area (Å²) in [5, 5.41) is 11.3. The minimum absolute atomic E-state index is 0.0380. The van der Waals surface area contributed by atoms with Gasteiger partial charge >= 0.3 is 5.63 Å². The molecule has 0 saturated carbocycles. The predicted molar refractivity (Wildman–Crippen MR) is 90.0 cm³/mol. The number of likely N-dealkylation sites (tertiary alicyclic amines) is 1. The van der Waals surface area contributed by atoms with E-state index in [-0.39, 0.29) is 34.0 Å². The second-order valence-corrected chi connectivity index (χ2v) is 6.11. The Bertz CT molecular complexity index is 904. The van der Waals surface area contributed by atoms with Crippen LogP contribution in [0.25, 0.3) is 11.0 Å². The summed E-state index contributed by atoms with van der Waals surface area (Å²) in [6.07, 6.45) is 2.80. The number of nitrogens with zero attached hydrogens (tertiary/aromatic N) is 2. The molecule has 132 valence electrons. The minimum Gasteiger partial charge on any atom is -0.493 e. The summed E-state index contributed by atoms with van der Waals surface area (Å²) in [6, 6.07) is 3.83. The molecule has 25 heavy (non-hydrogen) atoms. The summed E-state index contributed by atoms with van der Waals surface area (Å²) < 4.78 is 10.3. The third-order valence-corrected chi connectivity index (χ3v) is 4.51. The monoisotopic (exact) mass is 346 g/mol. The van der Waals surface area contributed by atoms with E-state index in [1.54, 1.807) is 4.90 Å². The van der Waals surface area contributed by atoms with Crippen LogP contribution >= 0.6 is 0 Å². The third-order valence-electron chi connectivity index (χ3n) is 4.51. The topological polar surface area (TPSA) is 103 Å². The lowest BCUT2D eigenvalue weighted by molar-refractivity contribution is -0.384. The van der Waals surface area contributed by atoms with Gasteiger partial charge in [-0.15, -0.1) is 0 Å². The number of nitro benzene ring substituents is 1. The second-order valence-electron chi connectivity index (χ2n) is 6.11. The van der Waals surface area contributed by atoms with Crippen molar-refractivity contribution >= 4 is 22.6 Å². The van der Waals surface area contributed by atoms with E-state index in [0.717, 1.165) is 19.3 Å². The van der Waals surface area contributed by atoms with E-state index in [1.807, 2.05) is 6.92 Å². The zero-order chi connectivity index (χ0) is 18.1. The van der Waals surface area contributed by atoms with Crippen molar-refractivity contribution in [3.8, 4) is 5.75 Å². The standard InChI is InChI=1S/C17H18N2O6/c1-10-5-3-4-6-18(10)16(20)13-8-11-7-12(19(22)23)9-14(24-2)15(11)25-17(13)21/h7-10H,3-6H2,1-2H3. The van der Waals surface area contributed by atoms with Gasteiger partial charge in [-0.2, -0.15) is 0 Å². The van der Waals surface area contributed by atoms with Crippen LogP contribution in [0.1, 0.15) is 36.5 Å². The highest BCUT2D eigenvalue weighted by Crippen LogP contribution is 2.31. The number of benzene rings is 1. The van der Waals surface area contributed by atoms with Crippen molar-refractivity contribution in [3.05, 3.63) is 44.3 Å². The van der Waals surface area contributed by atoms with Crippen molar-refractivity contribution < 1.29 is 18.9 Å². The van der Waals surface area contributed by atoms with Gasteiger partial charge in [0.2, 0.25) is 0 Å². The Balaban J connectivity index is 2.13. The molecule has 0 bridgehead atoms. The van der Waals surface area contributed by atoms with E-state index in [1.165, 1.54) is 25.3 Å². The maximum atomic E-state index is 12.7. The van der Waals surface area contributed by atoms with Crippen molar-refractivity contribution in [2.45, 2.75) is 32.2 Å². The lowest BCUT2D eigenvalue weighted by Gasteiger charge is -2.33. The van der Waals surface area contributed by atoms with E-state index in [2.05, 4.69) is 0 Å². The van der Waals surface area contributed by atoms with Gasteiger partial charge in [-0.3, -0.25) is 14.9 Å². The molecule has 8 heteroatoms. The van der Waals surface area contributed by atoms with Crippen molar-refractivity contribution in [3.63, 3.8) is 0 Å². The summed E-state index contributed by atoms with van der Waals surface area (Å²) in [6.45, 7) is 2.52. The van der Waals surface area contributed by atoms with Gasteiger partial charge in [0.25, 0.3) is 11.6 Å². The molecule has 1 amide bonds. The second kappa shape index (κ2) is 6.54. The van der Waals surface area contributed by atoms with E-state index < -0.39 is 16.5 Å². The molecule has 1 aromatic carbocycles. The molecule has 3 rings (SSSR count). The smallest absolute Gasteiger partial charge is 0.349 e. The van der Waals surface area contributed by atoms with E-state index in [9.17, 15) is 19.7 Å². The Morgan fingerprint density at radius 2 is 2.12 bits per heavy atom. The number of carbonyl (C=O) groups is 1. The number of non-ortho nitro benzene ring substituents is 1. The zero-order valence-electron chi connectivity index (χ0n) is 14.0. The van der Waals surface area contributed by atoms with Crippen LogP contribution in [0.3, 0.4) is 0 Å². The van der Waals surface area contributed by atoms with E-state index in [4.69, 9.17) is 9.15 Å². The van der Waals surface area contributed by atoms with Crippen molar-refractivity contribution in [2.75, 3.05) is 13.7 Å². The normalized spacial score (nSPS) is 17.5. The Morgan fingerprint density at radius 1 is 1.36 bits per heavy atom. The highest BCUT2D eigenvalue weighted by molar-refractivity contribution is 5.98. The van der Waals surface area contributed by atoms with Crippen molar-refractivity contribution in [1.82, 2.24) is 4.90 Å². The molecule has 1 fully saturated rings. The maximum absolute atomic E-state index is 12.7. The molecule has 2 aromatic rings. The average Bonchev–Trinajstić information content (AvgIpc) is 2.60. The number of carbonyl (C=O) groups excluding carboxylic acids is 1. The van der Waals surface area contributed by atoms with Crippen LogP contribution in [0.5, 0.6) is 5.75 Å². The molecule has 1 aromatic heterocycles. The summed E-state index contributed by atoms with van der Waals surface area (Å²) in [4.78, 5) is 37.2. The molecule has 1 atom stereocenters. The van der Waals surface area contributed by atoms with Crippen LogP contribution in [-0.4, -0.2) is 35.4 Å². The van der Waals surface area contributed by atoms with Crippen LogP contribution in [0.15, 0.2) is 27.4 Å². The first kappa shape index (κ1) is 16.9. The molecular weight excluding hydrogens is 328 g/mol. The summed E-state index contributed by atoms with van der Waals surface area (Å²) in [5.41, 5.74) is -1.02. The number of fused-ring (bicyclic) bond motifs is 1. The summed E-state index contributed by atoms with van der Waals surface area (Å²) >= 11 is 0. The Hall–Kier alpha value is -2.90. The van der Waals surface area contributed by atoms with Gasteiger partial charge in [0.05, 0.1) is 18.1 Å². The van der Waals surface area contributed by atoms with E-state index >= 15 is 0 Å². The quantitative estimate of drug-likeness (QED) is 0.481. The fourth-order valence-electron chi connectivity index (χ4n) is 3.15. The lowest BCUT2D eigenvalue weighted by atomic mass is 10.0. The number of nitro groups is 1. The Labute approximate surface area is 143 Å². The van der Waals surface area contributed by atoms with E-state index in [0.29, 0.717) is 6.54 Å². The highest BCUT2D eigenvalue weighted by Gasteiger charge is 2.27. The number of rotatable bonds is 3. The summed E-state index contributed by atoms with van der Waals surface area (Å²) in [5.74, 6) is -0.333. The first-order chi connectivity index (χ1) is 11.9. The molecular formula is C17H18N2O6. The van der Waals surface area contributed by atoms with Gasteiger partial charge in [-0.25, -0.2) is 4.79 Å². The number of methoxy groups -OCH3 is 1. The lowest BCUT2D eigenvalue weighted by Crippen LogP contribution is -2.43. The number of piperidine rings is 1. The molecule has 8 nitrogen and oxygen atoms in total. The molecule has 0 spiro atoms. The molecule has 1 unspecified atom stereocenters. The Morgan fingerprint density at radius 3 is 2.76 bits per heavy atom. The van der Waals surface area contributed by atoms with Crippen LogP contribution in [-0.2, 0) is 0 Å². The van der Waals surface area contributed by atoms with Crippen LogP contribution in [0, 0.1) is 10.1 Å². The average molecular weight is 346 g/mol. The molecule has 0 radical (unpaired) electrons. The van der Waals surface area contributed by atoms with Gasteiger partial charge in [0.1, 0.15) is 5.56 Å². The fourth-order valence-corrected chi connectivity index (χ4v) is 3.15. The molecule has 2 heterocycles. The minimum atomic E-state index is -0.776. The van der Waals surface area contributed by atoms with Crippen LogP contribution in [0.4, 0.5) is 5.69 Å². The zero-order valence-corrected chi connectivity index (χ0v) is 14.0. The fraction of sp³-hybridized carbons (Fsp3) is 0.412. The number of hydrogen-bond donors (Lipinski definition) is 0. The summed E-state index contributed by atoms with van der Waals surface area (Å²) in [7, 11) is 1.33. The molecule has 0 N–H and O–H groups in total. The van der Waals surface area contributed by atoms with Gasteiger partial charge in [-0.1, -0.05) is 0 Å². The van der Waals surface area contributed by atoms with Gasteiger partial charge < -0.3 is 14.1 Å². The molecule has 1 aliphatic rings. The van der Waals surface area contributed by atoms with Crippen LogP contribution in [0.2, 0.25) is 0 Å².